The van der Waals surface area contributed by atoms with Crippen LogP contribution in [0.5, 0.6) is 11.5 Å². The Bertz CT molecular complexity index is 842. The Morgan fingerprint density at radius 1 is 1.29 bits per heavy atom. The third-order valence-electron chi connectivity index (χ3n) is 4.27. The van der Waals surface area contributed by atoms with Gasteiger partial charge in [-0.3, -0.25) is 4.79 Å². The maximum atomic E-state index is 12.4. The molecule has 2 atom stereocenters. The van der Waals surface area contributed by atoms with Gasteiger partial charge in [-0.05, 0) is 47.9 Å². The lowest BCUT2D eigenvalue weighted by Crippen LogP contribution is -2.39. The largest absolute Gasteiger partial charge is 0.573 e. The zero-order chi connectivity index (χ0) is 20.3. The molecule has 3 rings (SSSR count). The molecule has 2 aromatic rings. The summed E-state index contributed by atoms with van der Waals surface area (Å²) in [6.07, 6.45) is -5.39. The van der Waals surface area contributed by atoms with Gasteiger partial charge in [0, 0.05) is 11.6 Å². The number of rotatable bonds is 5. The highest BCUT2D eigenvalue weighted by atomic mass is 35.5. The summed E-state index contributed by atoms with van der Waals surface area (Å²) in [5.74, 6) is -0.416. The van der Waals surface area contributed by atoms with Crippen molar-refractivity contribution in [3.05, 3.63) is 58.6 Å². The fraction of sp³-hybridized carbons (Fsp3) is 0.316. The first kappa shape index (κ1) is 20.3. The van der Waals surface area contributed by atoms with Crippen LogP contribution >= 0.6 is 11.6 Å². The van der Waals surface area contributed by atoms with Gasteiger partial charge in [-0.2, -0.15) is 0 Å². The minimum Gasteiger partial charge on any atom is -0.492 e. The number of hydrogen-bond donors (Lipinski definition) is 2. The summed E-state index contributed by atoms with van der Waals surface area (Å²) >= 11 is 5.96. The van der Waals surface area contributed by atoms with E-state index in [1.54, 1.807) is 18.2 Å². The summed E-state index contributed by atoms with van der Waals surface area (Å²) in [6, 6.07) is 10.0. The number of benzene rings is 2. The zero-order valence-corrected chi connectivity index (χ0v) is 15.3. The average molecular weight is 416 g/mol. The van der Waals surface area contributed by atoms with Crippen LogP contribution in [0, 0.1) is 5.92 Å². The van der Waals surface area contributed by atoms with E-state index in [0.29, 0.717) is 22.8 Å². The summed E-state index contributed by atoms with van der Waals surface area (Å²) in [5, 5.41) is 13.3. The molecule has 0 saturated heterocycles. The molecule has 2 unspecified atom stereocenters. The lowest BCUT2D eigenvalue weighted by Gasteiger charge is -2.25. The van der Waals surface area contributed by atoms with Gasteiger partial charge in [-0.25, -0.2) is 0 Å². The first-order valence-electron chi connectivity index (χ1n) is 8.44. The molecule has 2 aromatic carbocycles. The third-order valence-corrected chi connectivity index (χ3v) is 4.50. The summed E-state index contributed by atoms with van der Waals surface area (Å²) in [6.45, 7) is 0.122. The maximum absolute atomic E-state index is 12.4. The number of carbonyl (C=O) groups is 1. The highest BCUT2D eigenvalue weighted by Crippen LogP contribution is 2.30. The molecular weight excluding hydrogens is 399 g/mol. The lowest BCUT2D eigenvalue weighted by atomic mass is 9.96. The predicted molar refractivity (Wildman–Crippen MR) is 95.2 cm³/mol. The minimum absolute atomic E-state index is 0.0861. The molecule has 1 aliphatic rings. The number of nitrogens with one attached hydrogen (secondary N) is 1. The molecule has 5 nitrogen and oxygen atoms in total. The van der Waals surface area contributed by atoms with Crippen LogP contribution in [0.4, 0.5) is 13.2 Å². The van der Waals surface area contributed by atoms with Crippen molar-refractivity contribution in [3.63, 3.8) is 0 Å². The van der Waals surface area contributed by atoms with Gasteiger partial charge < -0.3 is 19.9 Å². The van der Waals surface area contributed by atoms with E-state index >= 15 is 0 Å². The molecule has 28 heavy (non-hydrogen) atoms. The van der Waals surface area contributed by atoms with Gasteiger partial charge in [-0.15, -0.1) is 13.2 Å². The van der Waals surface area contributed by atoms with Crippen LogP contribution in [-0.4, -0.2) is 30.5 Å². The van der Waals surface area contributed by atoms with E-state index in [4.69, 9.17) is 16.3 Å². The summed E-state index contributed by atoms with van der Waals surface area (Å²) in [5.41, 5.74) is 1.19. The fourth-order valence-electron chi connectivity index (χ4n) is 2.88. The van der Waals surface area contributed by atoms with Crippen molar-refractivity contribution in [2.45, 2.75) is 18.9 Å². The van der Waals surface area contributed by atoms with Gasteiger partial charge in [-0.1, -0.05) is 23.7 Å². The second-order valence-corrected chi connectivity index (χ2v) is 6.78. The first-order chi connectivity index (χ1) is 13.2. The van der Waals surface area contributed by atoms with Crippen LogP contribution < -0.4 is 14.8 Å². The van der Waals surface area contributed by atoms with Gasteiger partial charge in [0.25, 0.3) is 0 Å². The Balaban J connectivity index is 1.53. The van der Waals surface area contributed by atoms with E-state index in [2.05, 4.69) is 10.1 Å². The van der Waals surface area contributed by atoms with E-state index in [0.717, 1.165) is 17.7 Å². The van der Waals surface area contributed by atoms with Crippen molar-refractivity contribution < 1.29 is 32.5 Å². The van der Waals surface area contributed by atoms with Gasteiger partial charge in [0.15, 0.2) is 0 Å². The van der Waals surface area contributed by atoms with Crippen molar-refractivity contribution in [3.8, 4) is 11.5 Å². The molecule has 0 spiro atoms. The summed E-state index contributed by atoms with van der Waals surface area (Å²) in [7, 11) is 0. The predicted octanol–water partition coefficient (Wildman–Crippen LogP) is 3.64. The minimum atomic E-state index is -4.78. The van der Waals surface area contributed by atoms with Crippen LogP contribution in [0.15, 0.2) is 42.5 Å². The molecule has 0 radical (unpaired) electrons. The molecule has 9 heteroatoms. The molecule has 0 saturated carbocycles. The number of aliphatic hydroxyl groups excluding tert-OH is 1. The quantitative estimate of drug-likeness (QED) is 0.782. The molecule has 1 heterocycles. The van der Waals surface area contributed by atoms with Crippen molar-refractivity contribution in [1.82, 2.24) is 5.32 Å². The SMILES string of the molecule is O=C(NCC(O)c1ccc(OC(F)(F)F)cc1)C1COc2ccc(Cl)cc2C1. The summed E-state index contributed by atoms with van der Waals surface area (Å²) < 4.78 is 45.8. The molecule has 0 fully saturated rings. The fourth-order valence-corrected chi connectivity index (χ4v) is 3.08. The van der Waals surface area contributed by atoms with Gasteiger partial charge in [0.1, 0.15) is 18.1 Å². The number of fused-ring (bicyclic) bond motifs is 1. The second kappa shape index (κ2) is 8.28. The van der Waals surface area contributed by atoms with Crippen LogP contribution in [0.2, 0.25) is 5.02 Å². The lowest BCUT2D eigenvalue weighted by molar-refractivity contribution is -0.274. The van der Waals surface area contributed by atoms with Crippen molar-refractivity contribution in [2.75, 3.05) is 13.2 Å². The number of amides is 1. The summed E-state index contributed by atoms with van der Waals surface area (Å²) in [4.78, 5) is 12.4. The zero-order valence-electron chi connectivity index (χ0n) is 14.5. The van der Waals surface area contributed by atoms with Crippen molar-refractivity contribution >= 4 is 17.5 Å². The number of halogens is 4. The van der Waals surface area contributed by atoms with E-state index in [9.17, 15) is 23.1 Å². The highest BCUT2D eigenvalue weighted by Gasteiger charge is 2.31. The second-order valence-electron chi connectivity index (χ2n) is 6.34. The maximum Gasteiger partial charge on any atom is 0.573 e. The van der Waals surface area contributed by atoms with Gasteiger partial charge in [0.2, 0.25) is 5.91 Å². The van der Waals surface area contributed by atoms with E-state index in [1.807, 2.05) is 0 Å². The van der Waals surface area contributed by atoms with Crippen LogP contribution in [0.3, 0.4) is 0 Å². The number of carbonyl (C=O) groups excluding carboxylic acids is 1. The number of hydrogen-bond acceptors (Lipinski definition) is 4. The molecule has 150 valence electrons. The number of aliphatic hydroxyl groups is 1. The first-order valence-corrected chi connectivity index (χ1v) is 8.82. The third kappa shape index (κ3) is 5.30. The Labute approximate surface area is 164 Å². The molecule has 0 aliphatic carbocycles. The topological polar surface area (TPSA) is 67.8 Å². The average Bonchev–Trinajstić information content (AvgIpc) is 2.64. The molecule has 0 aromatic heterocycles. The Hall–Kier alpha value is -2.45. The molecule has 2 N–H and O–H groups in total. The highest BCUT2D eigenvalue weighted by molar-refractivity contribution is 6.30. The standard InChI is InChI=1S/C19H17ClF3NO4/c20-14-3-6-17-12(8-14)7-13(10-27-17)18(26)24-9-16(25)11-1-4-15(5-2-11)28-19(21,22)23/h1-6,8,13,16,25H,7,9-10H2,(H,24,26). The van der Waals surface area contributed by atoms with E-state index in [1.165, 1.54) is 12.1 Å². The number of ether oxygens (including phenoxy) is 2. The Kier molecular flexibility index (Phi) is 6.00. The number of alkyl halides is 3. The van der Waals surface area contributed by atoms with Gasteiger partial charge in [0.05, 0.1) is 12.0 Å². The van der Waals surface area contributed by atoms with E-state index < -0.39 is 18.4 Å². The molecular formula is C19H17ClF3NO4. The Morgan fingerprint density at radius 3 is 2.68 bits per heavy atom. The Morgan fingerprint density at radius 2 is 2.00 bits per heavy atom. The van der Waals surface area contributed by atoms with Crippen molar-refractivity contribution in [2.24, 2.45) is 5.92 Å². The normalized spacial score (nSPS) is 17.2. The van der Waals surface area contributed by atoms with Crippen molar-refractivity contribution in [1.29, 1.82) is 0 Å². The van der Waals surface area contributed by atoms with E-state index in [-0.39, 0.29) is 24.8 Å². The smallest absolute Gasteiger partial charge is 0.492 e. The molecule has 0 bridgehead atoms. The molecule has 1 amide bonds. The van der Waals surface area contributed by atoms with Crippen LogP contribution in [0.1, 0.15) is 17.2 Å². The molecule has 1 aliphatic heterocycles. The van der Waals surface area contributed by atoms with Crippen LogP contribution in [-0.2, 0) is 11.2 Å². The monoisotopic (exact) mass is 415 g/mol. The van der Waals surface area contributed by atoms with Gasteiger partial charge >= 0.3 is 6.36 Å². The van der Waals surface area contributed by atoms with Crippen LogP contribution in [0.25, 0.3) is 0 Å².